The summed E-state index contributed by atoms with van der Waals surface area (Å²) >= 11 is 0. The number of hydrogen-bond donors (Lipinski definition) is 4. The molecule has 2 amide bonds. The molecule has 4 N–H and O–H groups in total. The van der Waals surface area contributed by atoms with Crippen LogP contribution in [0.15, 0.2) is 0 Å². The van der Waals surface area contributed by atoms with Crippen LogP contribution in [0.1, 0.15) is 19.3 Å². The van der Waals surface area contributed by atoms with Crippen LogP contribution in [0.2, 0.25) is 0 Å². The van der Waals surface area contributed by atoms with Crippen molar-refractivity contribution in [2.24, 2.45) is 0 Å². The van der Waals surface area contributed by atoms with Gasteiger partial charge in [0.25, 0.3) is 0 Å². The Morgan fingerprint density at radius 2 is 2.27 bits per heavy atom. The van der Waals surface area contributed by atoms with Crippen LogP contribution < -0.4 is 16.0 Å². The van der Waals surface area contributed by atoms with E-state index < -0.39 is 5.97 Å². The molecular formula is C9H17N3O3. The number of carbonyl (C=O) groups excluding carboxylic acids is 1. The van der Waals surface area contributed by atoms with Gasteiger partial charge in [-0.25, -0.2) is 4.79 Å². The number of aliphatic carboxylic acids is 1. The summed E-state index contributed by atoms with van der Waals surface area (Å²) in [5, 5.41) is 16.8. The van der Waals surface area contributed by atoms with Gasteiger partial charge in [0.05, 0.1) is 6.42 Å². The topological polar surface area (TPSA) is 90.5 Å². The molecule has 0 radical (unpaired) electrons. The molecule has 1 atom stereocenters. The van der Waals surface area contributed by atoms with Gasteiger partial charge in [-0.1, -0.05) is 0 Å². The third kappa shape index (κ3) is 5.21. The lowest BCUT2D eigenvalue weighted by molar-refractivity contribution is -0.136. The molecule has 0 aliphatic carbocycles. The van der Waals surface area contributed by atoms with Crippen LogP contribution in [0, 0.1) is 0 Å². The van der Waals surface area contributed by atoms with E-state index in [0.717, 1.165) is 25.9 Å². The first-order valence-corrected chi connectivity index (χ1v) is 5.15. The Morgan fingerprint density at radius 3 is 2.87 bits per heavy atom. The molecule has 6 heteroatoms. The molecule has 0 aromatic carbocycles. The highest BCUT2D eigenvalue weighted by Crippen LogP contribution is 2.00. The van der Waals surface area contributed by atoms with Crippen molar-refractivity contribution in [2.75, 3.05) is 19.6 Å². The fourth-order valence-corrected chi connectivity index (χ4v) is 1.49. The number of nitrogens with one attached hydrogen (secondary N) is 3. The van der Waals surface area contributed by atoms with E-state index in [4.69, 9.17) is 5.11 Å². The second kappa shape index (κ2) is 6.23. The summed E-state index contributed by atoms with van der Waals surface area (Å²) in [5.74, 6) is -0.908. The standard InChI is InChI=1S/C9H17N3O3/c13-8(14)3-5-11-9(15)12-7-2-1-4-10-6-7/h7,10H,1-6H2,(H,13,14)(H2,11,12,15). The number of carboxylic acids is 1. The Labute approximate surface area is 88.4 Å². The Hall–Kier alpha value is -1.30. The van der Waals surface area contributed by atoms with E-state index in [9.17, 15) is 9.59 Å². The van der Waals surface area contributed by atoms with E-state index in [2.05, 4.69) is 16.0 Å². The fourth-order valence-electron chi connectivity index (χ4n) is 1.49. The summed E-state index contributed by atoms with van der Waals surface area (Å²) < 4.78 is 0. The number of carboxylic acid groups (broad SMARTS) is 1. The third-order valence-corrected chi connectivity index (χ3v) is 2.26. The smallest absolute Gasteiger partial charge is 0.315 e. The zero-order valence-electron chi connectivity index (χ0n) is 8.58. The van der Waals surface area contributed by atoms with Crippen molar-refractivity contribution in [1.29, 1.82) is 0 Å². The van der Waals surface area contributed by atoms with E-state index in [-0.39, 0.29) is 25.0 Å². The maximum atomic E-state index is 11.2. The Balaban J connectivity index is 2.09. The first-order chi connectivity index (χ1) is 7.18. The van der Waals surface area contributed by atoms with Gasteiger partial charge in [-0.05, 0) is 19.4 Å². The summed E-state index contributed by atoms with van der Waals surface area (Å²) in [6.45, 7) is 1.95. The SMILES string of the molecule is O=C(O)CCNC(=O)NC1CCCNC1. The van der Waals surface area contributed by atoms with Crippen LogP contribution in [0.5, 0.6) is 0 Å². The van der Waals surface area contributed by atoms with Crippen LogP contribution in [0.4, 0.5) is 4.79 Å². The highest BCUT2D eigenvalue weighted by Gasteiger charge is 2.14. The molecule has 1 aliphatic rings. The molecule has 6 nitrogen and oxygen atoms in total. The lowest BCUT2D eigenvalue weighted by Crippen LogP contribution is -2.49. The molecule has 0 aromatic rings. The minimum absolute atomic E-state index is 0.0453. The molecule has 0 spiro atoms. The largest absolute Gasteiger partial charge is 0.481 e. The molecule has 1 saturated heterocycles. The molecule has 15 heavy (non-hydrogen) atoms. The van der Waals surface area contributed by atoms with Gasteiger partial charge >= 0.3 is 12.0 Å². The van der Waals surface area contributed by atoms with Gasteiger partial charge in [-0.15, -0.1) is 0 Å². The normalized spacial score (nSPS) is 20.7. The van der Waals surface area contributed by atoms with E-state index in [1.54, 1.807) is 0 Å². The van der Waals surface area contributed by atoms with Gasteiger partial charge in [0.1, 0.15) is 0 Å². The van der Waals surface area contributed by atoms with Gasteiger partial charge < -0.3 is 21.1 Å². The van der Waals surface area contributed by atoms with E-state index in [1.165, 1.54) is 0 Å². The molecule has 1 heterocycles. The second-order valence-electron chi connectivity index (χ2n) is 3.59. The molecule has 0 saturated carbocycles. The van der Waals surface area contributed by atoms with Crippen LogP contribution in [0.25, 0.3) is 0 Å². The minimum atomic E-state index is -0.908. The molecule has 0 bridgehead atoms. The van der Waals surface area contributed by atoms with Crippen LogP contribution in [-0.4, -0.2) is 42.8 Å². The summed E-state index contributed by atoms with van der Waals surface area (Å²) in [6, 6.07) is -0.131. The lowest BCUT2D eigenvalue weighted by Gasteiger charge is -2.23. The third-order valence-electron chi connectivity index (χ3n) is 2.26. The van der Waals surface area contributed by atoms with Gasteiger partial charge in [-0.2, -0.15) is 0 Å². The lowest BCUT2D eigenvalue weighted by atomic mass is 10.1. The predicted molar refractivity (Wildman–Crippen MR) is 54.7 cm³/mol. The van der Waals surface area contributed by atoms with E-state index in [0.29, 0.717) is 0 Å². The highest BCUT2D eigenvalue weighted by molar-refractivity contribution is 5.75. The zero-order valence-corrected chi connectivity index (χ0v) is 8.58. The number of urea groups is 1. The number of piperidine rings is 1. The maximum Gasteiger partial charge on any atom is 0.315 e. The van der Waals surface area contributed by atoms with Crippen LogP contribution in [0.3, 0.4) is 0 Å². The van der Waals surface area contributed by atoms with Gasteiger partial charge in [-0.3, -0.25) is 4.79 Å². The number of rotatable bonds is 4. The molecule has 0 aromatic heterocycles. The van der Waals surface area contributed by atoms with E-state index in [1.807, 2.05) is 0 Å². The summed E-state index contributed by atoms with van der Waals surface area (Å²) in [4.78, 5) is 21.4. The zero-order chi connectivity index (χ0) is 11.1. The number of amides is 2. The number of hydrogen-bond acceptors (Lipinski definition) is 3. The molecule has 1 aliphatic heterocycles. The van der Waals surface area contributed by atoms with Gasteiger partial charge in [0.2, 0.25) is 0 Å². The van der Waals surface area contributed by atoms with Crippen molar-refractivity contribution in [3.05, 3.63) is 0 Å². The second-order valence-corrected chi connectivity index (χ2v) is 3.59. The summed E-state index contributed by atoms with van der Waals surface area (Å²) in [5.41, 5.74) is 0. The maximum absolute atomic E-state index is 11.2. The summed E-state index contributed by atoms with van der Waals surface area (Å²) in [6.07, 6.45) is 1.98. The van der Waals surface area contributed by atoms with Crippen molar-refractivity contribution in [3.63, 3.8) is 0 Å². The van der Waals surface area contributed by atoms with Crippen molar-refractivity contribution in [3.8, 4) is 0 Å². The first kappa shape index (κ1) is 11.8. The molecule has 86 valence electrons. The van der Waals surface area contributed by atoms with Crippen molar-refractivity contribution in [1.82, 2.24) is 16.0 Å². The van der Waals surface area contributed by atoms with Gasteiger partial charge in [0.15, 0.2) is 0 Å². The highest BCUT2D eigenvalue weighted by atomic mass is 16.4. The fraction of sp³-hybridized carbons (Fsp3) is 0.778. The molecule has 1 fully saturated rings. The van der Waals surface area contributed by atoms with Crippen molar-refractivity contribution in [2.45, 2.75) is 25.3 Å². The quantitative estimate of drug-likeness (QED) is 0.509. The number of carbonyl (C=O) groups is 2. The Bertz CT molecular complexity index is 227. The predicted octanol–water partition coefficient (Wildman–Crippen LogP) is -0.488. The monoisotopic (exact) mass is 215 g/mol. The first-order valence-electron chi connectivity index (χ1n) is 5.15. The average Bonchev–Trinajstić information content (AvgIpc) is 2.18. The molecule has 1 rings (SSSR count). The molecular weight excluding hydrogens is 198 g/mol. The van der Waals surface area contributed by atoms with Crippen LogP contribution >= 0.6 is 0 Å². The van der Waals surface area contributed by atoms with E-state index >= 15 is 0 Å². The Kier molecular flexibility index (Phi) is 4.89. The summed E-state index contributed by atoms with van der Waals surface area (Å²) in [7, 11) is 0. The average molecular weight is 215 g/mol. The van der Waals surface area contributed by atoms with Crippen molar-refractivity contribution < 1.29 is 14.7 Å². The van der Waals surface area contributed by atoms with Gasteiger partial charge in [0, 0.05) is 19.1 Å². The minimum Gasteiger partial charge on any atom is -0.481 e. The molecule has 1 unspecified atom stereocenters. The van der Waals surface area contributed by atoms with Crippen molar-refractivity contribution >= 4 is 12.0 Å². The van der Waals surface area contributed by atoms with Crippen LogP contribution in [-0.2, 0) is 4.79 Å². The Morgan fingerprint density at radius 1 is 1.47 bits per heavy atom.